The lowest BCUT2D eigenvalue weighted by Crippen LogP contribution is -2.33. The Morgan fingerprint density at radius 3 is 2.44 bits per heavy atom. The van der Waals surface area contributed by atoms with Gasteiger partial charge < -0.3 is 5.73 Å². The number of pyridine rings is 1. The number of hydrogen-bond donors (Lipinski definition) is 1. The quantitative estimate of drug-likeness (QED) is 0.730. The molecular formula is C24H22N2O. The van der Waals surface area contributed by atoms with Gasteiger partial charge in [0.15, 0.2) is 0 Å². The van der Waals surface area contributed by atoms with E-state index in [4.69, 9.17) is 5.73 Å². The first-order valence-corrected chi connectivity index (χ1v) is 9.34. The molecule has 0 saturated carbocycles. The minimum atomic E-state index is -0.419. The van der Waals surface area contributed by atoms with Crippen LogP contribution in [0.1, 0.15) is 34.3 Å². The SMILES string of the molecule is C1=c2c(ccc3c2=CCc2ccccc2-3)CCC1.NC(=O)c1ccncc1. The van der Waals surface area contributed by atoms with Gasteiger partial charge in [-0.2, -0.15) is 0 Å². The van der Waals surface area contributed by atoms with Crippen molar-refractivity contribution in [2.45, 2.75) is 25.7 Å². The van der Waals surface area contributed by atoms with E-state index in [2.05, 4.69) is 53.5 Å². The van der Waals surface area contributed by atoms with Crippen LogP contribution in [-0.4, -0.2) is 10.9 Å². The lowest BCUT2D eigenvalue weighted by Gasteiger charge is -2.17. The normalized spacial score (nSPS) is 13.5. The average Bonchev–Trinajstić information content (AvgIpc) is 2.74. The van der Waals surface area contributed by atoms with E-state index in [1.54, 1.807) is 12.1 Å². The van der Waals surface area contributed by atoms with Gasteiger partial charge in [-0.15, -0.1) is 0 Å². The molecule has 2 aliphatic carbocycles. The third kappa shape index (κ3) is 3.54. The van der Waals surface area contributed by atoms with Crippen molar-refractivity contribution in [1.29, 1.82) is 0 Å². The van der Waals surface area contributed by atoms with Gasteiger partial charge in [0.1, 0.15) is 0 Å². The number of fused-ring (bicyclic) bond motifs is 5. The molecule has 3 nitrogen and oxygen atoms in total. The summed E-state index contributed by atoms with van der Waals surface area (Å²) in [6.07, 6.45) is 12.8. The summed E-state index contributed by atoms with van der Waals surface area (Å²) in [7, 11) is 0. The summed E-state index contributed by atoms with van der Waals surface area (Å²) >= 11 is 0. The Balaban J connectivity index is 0.000000170. The number of benzene rings is 2. The van der Waals surface area contributed by atoms with Gasteiger partial charge >= 0.3 is 0 Å². The summed E-state index contributed by atoms with van der Waals surface area (Å²) in [5.41, 5.74) is 11.3. The minimum Gasteiger partial charge on any atom is -0.366 e. The van der Waals surface area contributed by atoms with Crippen molar-refractivity contribution in [3.63, 3.8) is 0 Å². The standard InChI is InChI=1S/C18H16.C6H6N2O/c1-3-7-15-13(5-1)9-11-18-16-8-4-2-6-14(16)10-12-17(15)18;7-6(9)5-1-3-8-4-2-5/h1,3,5,7-8,10-12H,2,4,6,9H2;1-4H,(H2,7,9). The highest BCUT2D eigenvalue weighted by Crippen LogP contribution is 2.24. The zero-order valence-electron chi connectivity index (χ0n) is 15.2. The van der Waals surface area contributed by atoms with Crippen LogP contribution in [-0.2, 0) is 12.8 Å². The van der Waals surface area contributed by atoms with E-state index >= 15 is 0 Å². The van der Waals surface area contributed by atoms with Gasteiger partial charge in [0, 0.05) is 18.0 Å². The molecule has 1 aromatic heterocycles. The monoisotopic (exact) mass is 354 g/mol. The molecule has 3 aromatic rings. The second kappa shape index (κ2) is 7.58. The molecule has 1 heterocycles. The number of carbonyl (C=O) groups is 1. The molecule has 0 bridgehead atoms. The summed E-state index contributed by atoms with van der Waals surface area (Å²) < 4.78 is 0. The minimum absolute atomic E-state index is 0.419. The molecule has 5 rings (SSSR count). The van der Waals surface area contributed by atoms with Gasteiger partial charge in [0.25, 0.3) is 0 Å². The molecule has 0 atom stereocenters. The molecule has 0 radical (unpaired) electrons. The number of aryl methyl sites for hydroxylation is 1. The van der Waals surface area contributed by atoms with Crippen LogP contribution in [0.15, 0.2) is 60.9 Å². The van der Waals surface area contributed by atoms with Crippen LogP contribution in [0.2, 0.25) is 0 Å². The lowest BCUT2D eigenvalue weighted by atomic mass is 9.87. The number of primary amides is 1. The number of amides is 1. The molecule has 2 aliphatic rings. The molecule has 3 heteroatoms. The molecule has 1 amide bonds. The molecule has 0 aliphatic heterocycles. The van der Waals surface area contributed by atoms with E-state index in [9.17, 15) is 4.79 Å². The van der Waals surface area contributed by atoms with Crippen LogP contribution in [0, 0.1) is 0 Å². The van der Waals surface area contributed by atoms with Crippen molar-refractivity contribution in [3.8, 4) is 11.1 Å². The van der Waals surface area contributed by atoms with E-state index in [-0.39, 0.29) is 0 Å². The van der Waals surface area contributed by atoms with Gasteiger partial charge in [0.2, 0.25) is 5.91 Å². The highest BCUT2D eigenvalue weighted by Gasteiger charge is 2.13. The number of nitrogens with zero attached hydrogens (tertiary/aromatic N) is 1. The zero-order chi connectivity index (χ0) is 18.6. The third-order valence-corrected chi connectivity index (χ3v) is 5.17. The highest BCUT2D eigenvalue weighted by atomic mass is 16.1. The molecule has 0 fully saturated rings. The molecule has 0 unspecified atom stereocenters. The van der Waals surface area contributed by atoms with Crippen molar-refractivity contribution in [3.05, 3.63) is 88.1 Å². The van der Waals surface area contributed by atoms with Crippen molar-refractivity contribution in [1.82, 2.24) is 4.98 Å². The first kappa shape index (κ1) is 17.2. The van der Waals surface area contributed by atoms with E-state index in [1.807, 2.05) is 0 Å². The first-order valence-electron chi connectivity index (χ1n) is 9.34. The molecule has 0 spiro atoms. The maximum absolute atomic E-state index is 10.4. The highest BCUT2D eigenvalue weighted by molar-refractivity contribution is 5.92. The predicted molar refractivity (Wildman–Crippen MR) is 109 cm³/mol. The third-order valence-electron chi connectivity index (χ3n) is 5.17. The van der Waals surface area contributed by atoms with Crippen LogP contribution < -0.4 is 16.2 Å². The average molecular weight is 354 g/mol. The van der Waals surface area contributed by atoms with Crippen LogP contribution in [0.3, 0.4) is 0 Å². The fourth-order valence-corrected chi connectivity index (χ4v) is 3.82. The van der Waals surface area contributed by atoms with Crippen molar-refractivity contribution in [2.24, 2.45) is 5.73 Å². The van der Waals surface area contributed by atoms with Crippen LogP contribution >= 0.6 is 0 Å². The fraction of sp³-hybridized carbons (Fsp3) is 0.167. The summed E-state index contributed by atoms with van der Waals surface area (Å²) in [5, 5.41) is 2.99. The molecule has 27 heavy (non-hydrogen) atoms. The van der Waals surface area contributed by atoms with E-state index in [0.29, 0.717) is 5.56 Å². The van der Waals surface area contributed by atoms with Crippen molar-refractivity contribution >= 4 is 18.1 Å². The van der Waals surface area contributed by atoms with Gasteiger partial charge in [-0.1, -0.05) is 48.6 Å². The predicted octanol–water partition coefficient (Wildman–Crippen LogP) is 2.99. The first-order chi connectivity index (χ1) is 13.2. The second-order valence-corrected chi connectivity index (χ2v) is 6.86. The Morgan fingerprint density at radius 1 is 0.852 bits per heavy atom. The van der Waals surface area contributed by atoms with Gasteiger partial charge in [-0.05, 0) is 70.5 Å². The topological polar surface area (TPSA) is 56.0 Å². The summed E-state index contributed by atoms with van der Waals surface area (Å²) in [6, 6.07) is 16.6. The molecule has 0 saturated heterocycles. The maximum atomic E-state index is 10.4. The second-order valence-electron chi connectivity index (χ2n) is 6.86. The smallest absolute Gasteiger partial charge is 0.248 e. The Morgan fingerprint density at radius 2 is 1.67 bits per heavy atom. The summed E-state index contributed by atoms with van der Waals surface area (Å²) in [5.74, 6) is -0.419. The molecule has 134 valence electrons. The largest absolute Gasteiger partial charge is 0.366 e. The molecule has 2 N–H and O–H groups in total. The Bertz CT molecular complexity index is 1100. The fourth-order valence-electron chi connectivity index (χ4n) is 3.82. The number of carbonyl (C=O) groups excluding carboxylic acids is 1. The molecular weight excluding hydrogens is 332 g/mol. The van der Waals surface area contributed by atoms with E-state index in [0.717, 1.165) is 6.42 Å². The van der Waals surface area contributed by atoms with Crippen molar-refractivity contribution in [2.75, 3.05) is 0 Å². The number of rotatable bonds is 1. The van der Waals surface area contributed by atoms with E-state index < -0.39 is 5.91 Å². The van der Waals surface area contributed by atoms with Gasteiger partial charge in [-0.25, -0.2) is 0 Å². The molecule has 2 aromatic carbocycles. The number of hydrogen-bond acceptors (Lipinski definition) is 2. The summed E-state index contributed by atoms with van der Waals surface area (Å²) in [4.78, 5) is 14.1. The zero-order valence-corrected chi connectivity index (χ0v) is 15.2. The van der Waals surface area contributed by atoms with Gasteiger partial charge in [0.05, 0.1) is 0 Å². The van der Waals surface area contributed by atoms with Crippen LogP contribution in [0.25, 0.3) is 23.3 Å². The number of aromatic nitrogens is 1. The number of nitrogens with two attached hydrogens (primary N) is 1. The Labute approximate surface area is 158 Å². The maximum Gasteiger partial charge on any atom is 0.248 e. The van der Waals surface area contributed by atoms with E-state index in [1.165, 1.54) is 64.3 Å². The lowest BCUT2D eigenvalue weighted by molar-refractivity contribution is 0.1000. The van der Waals surface area contributed by atoms with Crippen molar-refractivity contribution < 1.29 is 4.79 Å². The summed E-state index contributed by atoms with van der Waals surface area (Å²) in [6.45, 7) is 0. The van der Waals surface area contributed by atoms with Crippen LogP contribution in [0.4, 0.5) is 0 Å². The Kier molecular flexibility index (Phi) is 4.84. The van der Waals surface area contributed by atoms with Gasteiger partial charge in [-0.3, -0.25) is 9.78 Å². The Hall–Kier alpha value is -3.20. The van der Waals surface area contributed by atoms with Crippen LogP contribution in [0.5, 0.6) is 0 Å².